The maximum atomic E-state index is 8.57. The van der Waals surface area contributed by atoms with E-state index in [2.05, 4.69) is 62.1 Å². The summed E-state index contributed by atoms with van der Waals surface area (Å²) in [4.78, 5) is 3.97. The molecule has 0 aliphatic rings. The second-order valence-corrected chi connectivity index (χ2v) is 12.9. The van der Waals surface area contributed by atoms with Crippen molar-refractivity contribution >= 4 is 29.7 Å². The van der Waals surface area contributed by atoms with E-state index in [1.165, 1.54) is 10.1 Å². The summed E-state index contributed by atoms with van der Waals surface area (Å²) in [6, 6.07) is 8.19. The standard InChI is InChI=1S/C16H23N3OSSi/c1-11(18-19-17)14-9-12-7-8-13(10-15(12)21-14)20-22(5,6)16(2,3)4/h7-11H,1-6H3. The van der Waals surface area contributed by atoms with Crippen molar-refractivity contribution in [3.8, 4) is 5.75 Å². The molecule has 0 aliphatic carbocycles. The van der Waals surface area contributed by atoms with Gasteiger partial charge in [0.1, 0.15) is 5.75 Å². The molecule has 0 aliphatic heterocycles. The Kier molecular flexibility index (Phi) is 4.56. The number of hydrogen-bond donors (Lipinski definition) is 0. The van der Waals surface area contributed by atoms with E-state index in [1.54, 1.807) is 11.3 Å². The third kappa shape index (κ3) is 3.46. The van der Waals surface area contributed by atoms with Gasteiger partial charge in [-0.15, -0.1) is 11.3 Å². The van der Waals surface area contributed by atoms with Crippen LogP contribution in [-0.2, 0) is 0 Å². The number of hydrogen-bond acceptors (Lipinski definition) is 3. The number of thiophene rings is 1. The topological polar surface area (TPSA) is 58.0 Å². The molecule has 0 N–H and O–H groups in total. The number of benzene rings is 1. The molecule has 0 saturated carbocycles. The van der Waals surface area contributed by atoms with Crippen LogP contribution in [0.2, 0.25) is 18.1 Å². The molecule has 0 bridgehead atoms. The number of nitrogens with zero attached hydrogens (tertiary/aromatic N) is 3. The van der Waals surface area contributed by atoms with Crippen molar-refractivity contribution in [3.05, 3.63) is 39.6 Å². The Morgan fingerprint density at radius 1 is 1.27 bits per heavy atom. The third-order valence-electron chi connectivity index (χ3n) is 4.33. The lowest BCUT2D eigenvalue weighted by Gasteiger charge is -2.36. The zero-order valence-electron chi connectivity index (χ0n) is 14.0. The molecule has 1 atom stereocenters. The smallest absolute Gasteiger partial charge is 0.250 e. The van der Waals surface area contributed by atoms with Gasteiger partial charge in [-0.25, -0.2) is 0 Å². The second-order valence-electron chi connectivity index (χ2n) is 7.09. The maximum Gasteiger partial charge on any atom is 0.250 e. The molecule has 0 spiro atoms. The van der Waals surface area contributed by atoms with Crippen molar-refractivity contribution in [1.82, 2.24) is 0 Å². The lowest BCUT2D eigenvalue weighted by molar-refractivity contribution is 0.493. The molecule has 0 amide bonds. The number of fused-ring (bicyclic) bond motifs is 1. The van der Waals surface area contributed by atoms with E-state index in [4.69, 9.17) is 9.96 Å². The monoisotopic (exact) mass is 333 g/mol. The molecule has 0 fully saturated rings. The molecular formula is C16H23N3OSSi. The average molecular weight is 334 g/mol. The summed E-state index contributed by atoms with van der Waals surface area (Å²) in [6.07, 6.45) is 0. The van der Waals surface area contributed by atoms with Crippen LogP contribution in [0.4, 0.5) is 0 Å². The van der Waals surface area contributed by atoms with E-state index in [1.807, 2.05) is 13.0 Å². The maximum absolute atomic E-state index is 8.57. The fraction of sp³-hybridized carbons (Fsp3) is 0.500. The Morgan fingerprint density at radius 2 is 1.95 bits per heavy atom. The van der Waals surface area contributed by atoms with E-state index in [9.17, 15) is 0 Å². The van der Waals surface area contributed by atoms with Gasteiger partial charge < -0.3 is 4.43 Å². The largest absolute Gasteiger partial charge is 0.543 e. The predicted octanol–water partition coefficient (Wildman–Crippen LogP) is 6.66. The highest BCUT2D eigenvalue weighted by atomic mass is 32.1. The molecule has 6 heteroatoms. The van der Waals surface area contributed by atoms with Crippen LogP contribution in [0, 0.1) is 0 Å². The first-order valence-corrected chi connectivity index (χ1v) is 11.1. The summed E-state index contributed by atoms with van der Waals surface area (Å²) in [5, 5.41) is 5.12. The van der Waals surface area contributed by atoms with Gasteiger partial charge in [0.05, 0.1) is 6.04 Å². The van der Waals surface area contributed by atoms with Gasteiger partial charge in [-0.05, 0) is 53.3 Å². The first kappa shape index (κ1) is 16.9. The molecule has 1 heterocycles. The molecular weight excluding hydrogens is 310 g/mol. The molecule has 22 heavy (non-hydrogen) atoms. The van der Waals surface area contributed by atoms with E-state index < -0.39 is 8.32 Å². The minimum Gasteiger partial charge on any atom is -0.543 e. The summed E-state index contributed by atoms with van der Waals surface area (Å²) in [7, 11) is -1.82. The zero-order chi connectivity index (χ0) is 16.5. The SMILES string of the molecule is CC(N=[N+]=[N-])c1cc2ccc(O[Si](C)(C)C(C)(C)C)cc2s1. The van der Waals surface area contributed by atoms with Crippen molar-refractivity contribution in [2.24, 2.45) is 5.11 Å². The van der Waals surface area contributed by atoms with Crippen LogP contribution in [0.15, 0.2) is 29.4 Å². The lowest BCUT2D eigenvalue weighted by atomic mass is 10.2. The lowest BCUT2D eigenvalue weighted by Crippen LogP contribution is -2.43. The van der Waals surface area contributed by atoms with Gasteiger partial charge in [-0.2, -0.15) is 0 Å². The minimum atomic E-state index is -1.82. The summed E-state index contributed by atoms with van der Waals surface area (Å²) in [5.41, 5.74) is 8.57. The average Bonchev–Trinajstić information content (AvgIpc) is 2.80. The molecule has 0 radical (unpaired) electrons. The van der Waals surface area contributed by atoms with Gasteiger partial charge >= 0.3 is 0 Å². The number of azide groups is 1. The Labute approximate surface area is 136 Å². The van der Waals surface area contributed by atoms with Crippen LogP contribution >= 0.6 is 11.3 Å². The molecule has 0 saturated heterocycles. The molecule has 2 aromatic rings. The van der Waals surface area contributed by atoms with Crippen LogP contribution in [0.5, 0.6) is 5.75 Å². The van der Waals surface area contributed by atoms with E-state index in [0.29, 0.717) is 0 Å². The highest BCUT2D eigenvalue weighted by Crippen LogP contribution is 2.39. The van der Waals surface area contributed by atoms with Gasteiger partial charge in [0, 0.05) is 14.5 Å². The van der Waals surface area contributed by atoms with Crippen molar-refractivity contribution in [3.63, 3.8) is 0 Å². The Hall–Kier alpha value is -1.49. The van der Waals surface area contributed by atoms with E-state index >= 15 is 0 Å². The van der Waals surface area contributed by atoms with Crippen molar-refractivity contribution < 1.29 is 4.43 Å². The van der Waals surface area contributed by atoms with Gasteiger partial charge in [-0.3, -0.25) is 0 Å². The summed E-state index contributed by atoms with van der Waals surface area (Å²) in [6.45, 7) is 13.1. The van der Waals surface area contributed by atoms with Crippen molar-refractivity contribution in [2.45, 2.75) is 51.9 Å². The normalized spacial score (nSPS) is 13.7. The highest BCUT2D eigenvalue weighted by Gasteiger charge is 2.38. The summed E-state index contributed by atoms with van der Waals surface area (Å²) >= 11 is 1.66. The van der Waals surface area contributed by atoms with Gasteiger partial charge in [0.2, 0.25) is 8.32 Å². The summed E-state index contributed by atoms with van der Waals surface area (Å²) in [5.74, 6) is 0.934. The summed E-state index contributed by atoms with van der Waals surface area (Å²) < 4.78 is 7.53. The third-order valence-corrected chi connectivity index (χ3v) is 9.95. The van der Waals surface area contributed by atoms with Crippen LogP contribution in [0.1, 0.15) is 38.6 Å². The van der Waals surface area contributed by atoms with Crippen LogP contribution in [0.25, 0.3) is 20.5 Å². The van der Waals surface area contributed by atoms with E-state index in [-0.39, 0.29) is 11.1 Å². The van der Waals surface area contributed by atoms with Crippen LogP contribution < -0.4 is 4.43 Å². The molecule has 2 rings (SSSR count). The van der Waals surface area contributed by atoms with Crippen LogP contribution in [-0.4, -0.2) is 8.32 Å². The van der Waals surface area contributed by atoms with Crippen molar-refractivity contribution in [2.75, 3.05) is 0 Å². The number of rotatable bonds is 4. The quantitative estimate of drug-likeness (QED) is 0.267. The van der Waals surface area contributed by atoms with Gasteiger partial charge in [0.25, 0.3) is 0 Å². The molecule has 118 valence electrons. The fourth-order valence-corrected chi connectivity index (χ4v) is 3.98. The van der Waals surface area contributed by atoms with Gasteiger partial charge in [-0.1, -0.05) is 32.8 Å². The van der Waals surface area contributed by atoms with Crippen molar-refractivity contribution in [1.29, 1.82) is 0 Å². The first-order valence-electron chi connectivity index (χ1n) is 7.41. The van der Waals surface area contributed by atoms with E-state index in [0.717, 1.165) is 10.6 Å². The van der Waals surface area contributed by atoms with Gasteiger partial charge in [0.15, 0.2) is 0 Å². The first-order chi connectivity index (χ1) is 10.1. The Morgan fingerprint density at radius 3 is 2.55 bits per heavy atom. The molecule has 1 unspecified atom stereocenters. The Bertz CT molecular complexity index is 727. The van der Waals surface area contributed by atoms with Crippen LogP contribution in [0.3, 0.4) is 0 Å². The fourth-order valence-electron chi connectivity index (χ4n) is 1.88. The zero-order valence-corrected chi connectivity index (χ0v) is 15.9. The second kappa shape index (κ2) is 5.95. The molecule has 1 aromatic carbocycles. The highest BCUT2D eigenvalue weighted by molar-refractivity contribution is 7.19. The Balaban J connectivity index is 2.33. The molecule has 4 nitrogen and oxygen atoms in total. The predicted molar refractivity (Wildman–Crippen MR) is 97.2 cm³/mol. The molecule has 1 aromatic heterocycles. The minimum absolute atomic E-state index is 0.132.